The monoisotopic (exact) mass is 517 g/mol. The zero-order valence-electron chi connectivity index (χ0n) is 21.3. The number of fused-ring (bicyclic) bond motifs is 1. The van der Waals surface area contributed by atoms with Crippen molar-refractivity contribution in [1.82, 2.24) is 20.4 Å². The Balaban J connectivity index is 1.27. The van der Waals surface area contributed by atoms with Crippen LogP contribution < -0.4 is 15.4 Å². The van der Waals surface area contributed by atoms with Crippen LogP contribution in [-0.4, -0.2) is 47.1 Å². The summed E-state index contributed by atoms with van der Waals surface area (Å²) in [4.78, 5) is 29.6. The van der Waals surface area contributed by atoms with Crippen LogP contribution in [0.1, 0.15) is 57.8 Å². The Morgan fingerprint density at radius 2 is 1.81 bits per heavy atom. The summed E-state index contributed by atoms with van der Waals surface area (Å²) in [6, 6.07) is 17.1. The number of rotatable bonds is 8. The Labute approximate surface area is 220 Å². The van der Waals surface area contributed by atoms with Gasteiger partial charge < -0.3 is 15.4 Å². The standard InChI is InChI=1S/C28H31N5O3S/c1-28(2,21-8-4-5-9-22(21)36-3)30-26(35)23-16-20-24(31-32-27(20)37-23)29-25(34)19-12-10-18(11-13-19)17-33-14-6-7-15-33/h4-5,8-13,16H,6-7,14-15,17H2,1-3H3,(H,30,35)(H2,29,31,32,34). The number of carbonyl (C=O) groups is 2. The molecule has 0 saturated carbocycles. The molecular weight excluding hydrogens is 486 g/mol. The average molecular weight is 518 g/mol. The van der Waals surface area contributed by atoms with Gasteiger partial charge in [-0.1, -0.05) is 30.3 Å². The molecule has 192 valence electrons. The van der Waals surface area contributed by atoms with E-state index in [-0.39, 0.29) is 11.8 Å². The number of nitrogens with zero attached hydrogens (tertiary/aromatic N) is 2. The van der Waals surface area contributed by atoms with Gasteiger partial charge in [-0.05, 0) is 69.6 Å². The Morgan fingerprint density at radius 3 is 2.54 bits per heavy atom. The minimum absolute atomic E-state index is 0.218. The van der Waals surface area contributed by atoms with E-state index in [0.717, 1.165) is 25.2 Å². The second-order valence-corrected chi connectivity index (χ2v) is 10.9. The Hall–Kier alpha value is -3.69. The van der Waals surface area contributed by atoms with E-state index in [1.807, 2.05) is 62.4 Å². The molecule has 0 radical (unpaired) electrons. The first kappa shape index (κ1) is 25.0. The first-order chi connectivity index (χ1) is 17.8. The molecule has 8 nitrogen and oxygen atoms in total. The van der Waals surface area contributed by atoms with Gasteiger partial charge in [0.1, 0.15) is 16.4 Å². The van der Waals surface area contributed by atoms with Crippen LogP contribution in [0.15, 0.2) is 54.6 Å². The van der Waals surface area contributed by atoms with Gasteiger partial charge in [0, 0.05) is 17.7 Å². The number of nitrogens with one attached hydrogen (secondary N) is 3. The first-order valence-corrected chi connectivity index (χ1v) is 13.2. The Kier molecular flexibility index (Phi) is 6.99. The molecule has 1 saturated heterocycles. The number of para-hydroxylation sites is 1. The van der Waals surface area contributed by atoms with Crippen LogP contribution in [-0.2, 0) is 12.1 Å². The van der Waals surface area contributed by atoms with E-state index in [1.54, 1.807) is 13.2 Å². The van der Waals surface area contributed by atoms with E-state index < -0.39 is 5.54 Å². The number of hydrogen-bond donors (Lipinski definition) is 3. The molecule has 2 amide bonds. The number of thiophene rings is 1. The summed E-state index contributed by atoms with van der Waals surface area (Å²) in [7, 11) is 1.61. The van der Waals surface area contributed by atoms with E-state index in [0.29, 0.717) is 32.2 Å². The number of aromatic amines is 1. The van der Waals surface area contributed by atoms with Crippen molar-refractivity contribution in [3.8, 4) is 5.75 Å². The molecule has 0 atom stereocenters. The van der Waals surface area contributed by atoms with E-state index in [1.165, 1.54) is 29.7 Å². The fourth-order valence-electron chi connectivity index (χ4n) is 4.74. The number of amides is 2. The lowest BCUT2D eigenvalue weighted by atomic mass is 9.93. The summed E-state index contributed by atoms with van der Waals surface area (Å²) >= 11 is 1.27. The minimum atomic E-state index is -0.658. The topological polar surface area (TPSA) is 99.4 Å². The number of likely N-dealkylation sites (tertiary alicyclic amines) is 1. The first-order valence-electron chi connectivity index (χ1n) is 12.4. The molecule has 3 N–H and O–H groups in total. The number of anilines is 1. The predicted octanol–water partition coefficient (Wildman–Crippen LogP) is 5.15. The Bertz CT molecular complexity index is 1420. The lowest BCUT2D eigenvalue weighted by molar-refractivity contribution is 0.0914. The third kappa shape index (κ3) is 5.38. The van der Waals surface area contributed by atoms with Crippen molar-refractivity contribution < 1.29 is 14.3 Å². The van der Waals surface area contributed by atoms with Crippen molar-refractivity contribution in [3.05, 3.63) is 76.2 Å². The smallest absolute Gasteiger partial charge is 0.262 e. The molecule has 0 unspecified atom stereocenters. The maximum atomic E-state index is 13.1. The van der Waals surface area contributed by atoms with Crippen molar-refractivity contribution in [3.63, 3.8) is 0 Å². The number of aromatic nitrogens is 2. The highest BCUT2D eigenvalue weighted by Crippen LogP contribution is 2.32. The normalized spacial score (nSPS) is 14.1. The third-order valence-electron chi connectivity index (χ3n) is 6.74. The van der Waals surface area contributed by atoms with E-state index >= 15 is 0 Å². The van der Waals surface area contributed by atoms with Crippen LogP contribution in [0.4, 0.5) is 5.82 Å². The predicted molar refractivity (Wildman–Crippen MR) is 146 cm³/mol. The molecule has 1 fully saturated rings. The van der Waals surface area contributed by atoms with Gasteiger partial charge in [0.15, 0.2) is 0 Å². The highest BCUT2D eigenvalue weighted by molar-refractivity contribution is 7.20. The summed E-state index contributed by atoms with van der Waals surface area (Å²) < 4.78 is 5.47. The van der Waals surface area contributed by atoms with Crippen LogP contribution >= 0.6 is 11.3 Å². The van der Waals surface area contributed by atoms with Gasteiger partial charge in [0.2, 0.25) is 0 Å². The number of hydrogen-bond acceptors (Lipinski definition) is 6. The number of methoxy groups -OCH3 is 1. The van der Waals surface area contributed by atoms with Crippen molar-refractivity contribution >= 4 is 39.2 Å². The lowest BCUT2D eigenvalue weighted by Crippen LogP contribution is -2.40. The van der Waals surface area contributed by atoms with Crippen LogP contribution in [0, 0.1) is 0 Å². The van der Waals surface area contributed by atoms with Crippen LogP contribution in [0.5, 0.6) is 5.75 Å². The average Bonchev–Trinajstić information content (AvgIpc) is 3.63. The second-order valence-electron chi connectivity index (χ2n) is 9.84. The van der Waals surface area contributed by atoms with E-state index in [2.05, 4.69) is 25.7 Å². The number of benzene rings is 2. The molecule has 9 heteroatoms. The summed E-state index contributed by atoms with van der Waals surface area (Å²) in [6.07, 6.45) is 2.51. The summed E-state index contributed by atoms with van der Waals surface area (Å²) in [5, 5.41) is 13.9. The SMILES string of the molecule is COc1ccccc1C(C)(C)NC(=O)c1cc2c(NC(=O)c3ccc(CN4CCCC4)cc3)[nH]nc2s1. The van der Waals surface area contributed by atoms with Crippen LogP contribution in [0.2, 0.25) is 0 Å². The minimum Gasteiger partial charge on any atom is -0.496 e. The van der Waals surface area contributed by atoms with Gasteiger partial charge in [0.25, 0.3) is 11.8 Å². The summed E-state index contributed by atoms with van der Waals surface area (Å²) in [5.41, 5.74) is 1.99. The second kappa shape index (κ2) is 10.4. The molecule has 4 aromatic rings. The lowest BCUT2D eigenvalue weighted by Gasteiger charge is -2.28. The quantitative estimate of drug-likeness (QED) is 0.300. The maximum Gasteiger partial charge on any atom is 0.262 e. The van der Waals surface area contributed by atoms with Crippen molar-refractivity contribution in [2.24, 2.45) is 0 Å². The highest BCUT2D eigenvalue weighted by atomic mass is 32.1. The zero-order chi connectivity index (χ0) is 26.0. The van der Waals surface area contributed by atoms with E-state index in [9.17, 15) is 9.59 Å². The molecule has 0 aliphatic carbocycles. The van der Waals surface area contributed by atoms with E-state index in [4.69, 9.17) is 4.74 Å². The van der Waals surface area contributed by atoms with Crippen LogP contribution in [0.25, 0.3) is 10.2 Å². The largest absolute Gasteiger partial charge is 0.496 e. The molecule has 2 aromatic heterocycles. The molecule has 0 spiro atoms. The molecule has 37 heavy (non-hydrogen) atoms. The summed E-state index contributed by atoms with van der Waals surface area (Å²) in [5.74, 6) is 0.737. The van der Waals surface area contributed by atoms with Crippen LogP contribution in [0.3, 0.4) is 0 Å². The van der Waals surface area contributed by atoms with Gasteiger partial charge in [-0.25, -0.2) is 0 Å². The zero-order valence-corrected chi connectivity index (χ0v) is 22.1. The molecule has 0 bridgehead atoms. The molecule has 5 rings (SSSR count). The number of H-pyrrole nitrogens is 1. The van der Waals surface area contributed by atoms with Gasteiger partial charge in [0.05, 0.1) is 22.9 Å². The number of ether oxygens (including phenoxy) is 1. The molecule has 1 aliphatic heterocycles. The summed E-state index contributed by atoms with van der Waals surface area (Å²) in [6.45, 7) is 7.05. The van der Waals surface area contributed by atoms with Gasteiger partial charge in [-0.2, -0.15) is 5.10 Å². The van der Waals surface area contributed by atoms with Gasteiger partial charge in [-0.15, -0.1) is 11.3 Å². The third-order valence-corrected chi connectivity index (χ3v) is 7.77. The van der Waals surface area contributed by atoms with Gasteiger partial charge >= 0.3 is 0 Å². The molecule has 1 aliphatic rings. The molecule has 2 aromatic carbocycles. The Morgan fingerprint density at radius 1 is 1.08 bits per heavy atom. The number of carbonyl (C=O) groups excluding carboxylic acids is 2. The van der Waals surface area contributed by atoms with Gasteiger partial charge in [-0.3, -0.25) is 19.6 Å². The fraction of sp³-hybridized carbons (Fsp3) is 0.321. The molecule has 3 heterocycles. The maximum absolute atomic E-state index is 13.1. The highest BCUT2D eigenvalue weighted by Gasteiger charge is 2.28. The fourth-order valence-corrected chi connectivity index (χ4v) is 5.63. The van der Waals surface area contributed by atoms with Crippen molar-refractivity contribution in [1.29, 1.82) is 0 Å². The van der Waals surface area contributed by atoms with Crippen molar-refractivity contribution in [2.45, 2.75) is 38.8 Å². The van der Waals surface area contributed by atoms with Crippen molar-refractivity contribution in [2.75, 3.05) is 25.5 Å². The molecular formula is C28H31N5O3S.